The zero-order chi connectivity index (χ0) is 9.68. The summed E-state index contributed by atoms with van der Waals surface area (Å²) in [7, 11) is 0. The van der Waals surface area contributed by atoms with E-state index in [1.165, 1.54) is 38.6 Å². The summed E-state index contributed by atoms with van der Waals surface area (Å²) in [6.07, 6.45) is 8.93. The Hall–Kier alpha value is -0.460. The molecule has 0 bridgehead atoms. The molecule has 0 aromatic heterocycles. The Morgan fingerprint density at radius 2 is 2.15 bits per heavy atom. The third-order valence-corrected chi connectivity index (χ3v) is 2.97. The van der Waals surface area contributed by atoms with Crippen LogP contribution in [-0.2, 0) is 0 Å². The van der Waals surface area contributed by atoms with Gasteiger partial charge in [-0.2, -0.15) is 0 Å². The number of piperidine rings is 1. The lowest BCUT2D eigenvalue weighted by molar-refractivity contribution is 0.203. The molecule has 1 atom stereocenters. The molecule has 1 aliphatic rings. The van der Waals surface area contributed by atoms with Crippen LogP contribution in [-0.4, -0.2) is 17.5 Å². The van der Waals surface area contributed by atoms with Crippen molar-refractivity contribution >= 4 is 0 Å². The first kappa shape index (κ1) is 10.6. The Labute approximate surface area is 82.8 Å². The van der Waals surface area contributed by atoms with Gasteiger partial charge < -0.3 is 4.90 Å². The van der Waals surface area contributed by atoms with Crippen molar-refractivity contribution in [2.45, 2.75) is 58.9 Å². The van der Waals surface area contributed by atoms with Gasteiger partial charge in [0.05, 0.1) is 0 Å². The minimum atomic E-state index is 0.770. The summed E-state index contributed by atoms with van der Waals surface area (Å²) in [6.45, 7) is 8.13. The summed E-state index contributed by atoms with van der Waals surface area (Å²) in [5.74, 6) is 0. The van der Waals surface area contributed by atoms with Crippen LogP contribution in [0.5, 0.6) is 0 Å². The van der Waals surface area contributed by atoms with E-state index in [2.05, 4.69) is 31.7 Å². The summed E-state index contributed by atoms with van der Waals surface area (Å²) in [5, 5.41) is 0. The van der Waals surface area contributed by atoms with Crippen molar-refractivity contribution < 1.29 is 0 Å². The molecule has 76 valence electrons. The molecular weight excluding hydrogens is 158 g/mol. The number of hydrogen-bond donors (Lipinski definition) is 0. The van der Waals surface area contributed by atoms with E-state index in [1.807, 2.05) is 0 Å². The van der Waals surface area contributed by atoms with Crippen molar-refractivity contribution in [1.29, 1.82) is 0 Å². The molecule has 1 heterocycles. The lowest BCUT2D eigenvalue weighted by atomic mass is 10.0. The van der Waals surface area contributed by atoms with Crippen LogP contribution in [0.15, 0.2) is 11.8 Å². The fourth-order valence-electron chi connectivity index (χ4n) is 2.23. The van der Waals surface area contributed by atoms with E-state index in [-0.39, 0.29) is 0 Å². The molecule has 1 unspecified atom stereocenters. The molecule has 1 saturated heterocycles. The van der Waals surface area contributed by atoms with Crippen LogP contribution in [0.25, 0.3) is 0 Å². The van der Waals surface area contributed by atoms with E-state index in [1.54, 1.807) is 5.70 Å². The fourth-order valence-corrected chi connectivity index (χ4v) is 2.23. The molecule has 0 N–H and O–H groups in total. The molecule has 1 nitrogen and oxygen atoms in total. The van der Waals surface area contributed by atoms with Gasteiger partial charge in [0.1, 0.15) is 0 Å². The maximum atomic E-state index is 2.60. The normalized spacial score (nSPS) is 25.0. The minimum Gasteiger partial charge on any atom is -0.372 e. The fraction of sp³-hybridized carbons (Fsp3) is 0.833. The van der Waals surface area contributed by atoms with Gasteiger partial charge in [0, 0.05) is 18.3 Å². The number of allylic oxidation sites excluding steroid dienone is 2. The Bertz CT molecular complexity index is 172. The van der Waals surface area contributed by atoms with Gasteiger partial charge in [-0.3, -0.25) is 0 Å². The van der Waals surface area contributed by atoms with Crippen LogP contribution >= 0.6 is 0 Å². The monoisotopic (exact) mass is 181 g/mol. The topological polar surface area (TPSA) is 3.24 Å². The molecule has 13 heavy (non-hydrogen) atoms. The van der Waals surface area contributed by atoms with E-state index in [9.17, 15) is 0 Å². The highest BCUT2D eigenvalue weighted by Gasteiger charge is 2.18. The number of rotatable bonds is 3. The standard InChI is InChI=1S/C12H23N/c1-4-8-12(5-2)13-10-7-6-9-11(13)3/h8,11H,4-7,9-10H2,1-3H3/b12-8-. The van der Waals surface area contributed by atoms with Crippen LogP contribution in [0.4, 0.5) is 0 Å². The Balaban J connectivity index is 2.60. The smallest absolute Gasteiger partial charge is 0.0258 e. The van der Waals surface area contributed by atoms with Crippen LogP contribution < -0.4 is 0 Å². The van der Waals surface area contributed by atoms with Gasteiger partial charge >= 0.3 is 0 Å². The van der Waals surface area contributed by atoms with Crippen molar-refractivity contribution in [3.63, 3.8) is 0 Å². The number of nitrogens with zero attached hydrogens (tertiary/aromatic N) is 1. The van der Waals surface area contributed by atoms with Crippen LogP contribution in [0, 0.1) is 0 Å². The van der Waals surface area contributed by atoms with Gasteiger partial charge in [0.2, 0.25) is 0 Å². The molecule has 1 rings (SSSR count). The highest BCUT2D eigenvalue weighted by Crippen LogP contribution is 2.22. The number of hydrogen-bond acceptors (Lipinski definition) is 1. The third kappa shape index (κ3) is 2.75. The molecule has 0 aromatic carbocycles. The summed E-state index contributed by atoms with van der Waals surface area (Å²) in [4.78, 5) is 2.60. The highest BCUT2D eigenvalue weighted by molar-refractivity contribution is 5.02. The average molecular weight is 181 g/mol. The third-order valence-electron chi connectivity index (χ3n) is 2.97. The van der Waals surface area contributed by atoms with E-state index >= 15 is 0 Å². The Kier molecular flexibility index (Phi) is 4.34. The largest absolute Gasteiger partial charge is 0.372 e. The molecule has 1 aliphatic heterocycles. The summed E-state index contributed by atoms with van der Waals surface area (Å²) < 4.78 is 0. The van der Waals surface area contributed by atoms with E-state index < -0.39 is 0 Å². The van der Waals surface area contributed by atoms with Crippen LogP contribution in [0.3, 0.4) is 0 Å². The van der Waals surface area contributed by atoms with Crippen molar-refractivity contribution in [2.24, 2.45) is 0 Å². The van der Waals surface area contributed by atoms with E-state index in [0.717, 1.165) is 6.04 Å². The first-order valence-corrected chi connectivity index (χ1v) is 5.75. The molecule has 0 radical (unpaired) electrons. The maximum absolute atomic E-state index is 2.60. The summed E-state index contributed by atoms with van der Waals surface area (Å²) in [5.41, 5.74) is 1.56. The van der Waals surface area contributed by atoms with Gasteiger partial charge in [0.15, 0.2) is 0 Å². The average Bonchev–Trinajstić information content (AvgIpc) is 2.16. The number of likely N-dealkylation sites (tertiary alicyclic amines) is 1. The lowest BCUT2D eigenvalue weighted by Crippen LogP contribution is -2.36. The maximum Gasteiger partial charge on any atom is 0.0258 e. The highest BCUT2D eigenvalue weighted by atomic mass is 15.2. The Morgan fingerprint density at radius 3 is 2.69 bits per heavy atom. The SMILES string of the molecule is CC/C=C(/CC)N1CCCCC1C. The molecule has 1 fully saturated rings. The molecule has 0 amide bonds. The van der Waals surface area contributed by atoms with Gasteiger partial charge in [-0.15, -0.1) is 0 Å². The summed E-state index contributed by atoms with van der Waals surface area (Å²) in [6, 6.07) is 0.770. The molecule has 0 spiro atoms. The van der Waals surface area contributed by atoms with Gasteiger partial charge in [-0.05, 0) is 39.0 Å². The summed E-state index contributed by atoms with van der Waals surface area (Å²) >= 11 is 0. The van der Waals surface area contributed by atoms with Gasteiger partial charge in [-0.1, -0.05) is 19.9 Å². The van der Waals surface area contributed by atoms with Gasteiger partial charge in [0.25, 0.3) is 0 Å². The van der Waals surface area contributed by atoms with Crippen molar-refractivity contribution in [3.05, 3.63) is 11.8 Å². The molecule has 1 heteroatoms. The molecule has 0 aliphatic carbocycles. The van der Waals surface area contributed by atoms with E-state index in [0.29, 0.717) is 0 Å². The predicted molar refractivity (Wildman–Crippen MR) is 58.7 cm³/mol. The second-order valence-electron chi connectivity index (χ2n) is 4.00. The second-order valence-corrected chi connectivity index (χ2v) is 4.00. The molecule has 0 aromatic rings. The van der Waals surface area contributed by atoms with Crippen molar-refractivity contribution in [1.82, 2.24) is 4.90 Å². The van der Waals surface area contributed by atoms with Crippen molar-refractivity contribution in [2.75, 3.05) is 6.54 Å². The predicted octanol–water partition coefficient (Wildman–Crippen LogP) is 3.56. The van der Waals surface area contributed by atoms with Crippen molar-refractivity contribution in [3.8, 4) is 0 Å². The molecule has 0 saturated carbocycles. The minimum absolute atomic E-state index is 0.770. The molecular formula is C12H23N. The van der Waals surface area contributed by atoms with Crippen LogP contribution in [0.1, 0.15) is 52.9 Å². The first-order valence-electron chi connectivity index (χ1n) is 5.75. The zero-order valence-corrected chi connectivity index (χ0v) is 9.34. The Morgan fingerprint density at radius 1 is 1.38 bits per heavy atom. The van der Waals surface area contributed by atoms with Gasteiger partial charge in [-0.25, -0.2) is 0 Å². The van der Waals surface area contributed by atoms with Crippen LogP contribution in [0.2, 0.25) is 0 Å². The lowest BCUT2D eigenvalue weighted by Gasteiger charge is -2.37. The quantitative estimate of drug-likeness (QED) is 0.643. The first-order chi connectivity index (χ1) is 6.29. The van der Waals surface area contributed by atoms with E-state index in [4.69, 9.17) is 0 Å². The zero-order valence-electron chi connectivity index (χ0n) is 9.34. The second kappa shape index (κ2) is 5.31.